The molecule has 146 valence electrons. The van der Waals surface area contributed by atoms with Crippen molar-refractivity contribution in [3.63, 3.8) is 0 Å². The summed E-state index contributed by atoms with van der Waals surface area (Å²) in [6.45, 7) is 2.22. The largest absolute Gasteiger partial charge is 0.463 e. The van der Waals surface area contributed by atoms with Gasteiger partial charge < -0.3 is 9.32 Å². The fraction of sp³-hybridized carbons (Fsp3) is 0.300. The van der Waals surface area contributed by atoms with Crippen LogP contribution in [0.4, 0.5) is 0 Å². The normalized spacial score (nSPS) is 18.4. The van der Waals surface area contributed by atoms with Crippen molar-refractivity contribution in [1.29, 1.82) is 0 Å². The third kappa shape index (κ3) is 3.49. The van der Waals surface area contributed by atoms with E-state index >= 15 is 0 Å². The first-order chi connectivity index (χ1) is 13.4. The number of sulfone groups is 1. The maximum atomic E-state index is 13.3. The molecule has 0 unspecified atom stereocenters. The average Bonchev–Trinajstić information content (AvgIpc) is 3.24. The smallest absolute Gasteiger partial charge is 0.261 e. The minimum Gasteiger partial charge on any atom is -0.463 e. The Labute approximate surface area is 166 Å². The topological polar surface area (TPSA) is 84.7 Å². The van der Waals surface area contributed by atoms with E-state index in [4.69, 9.17) is 4.42 Å². The molecule has 0 radical (unpaired) electrons. The molecule has 1 fully saturated rings. The molecule has 0 N–H and O–H groups in total. The molecule has 28 heavy (non-hydrogen) atoms. The second-order valence-corrected chi connectivity index (χ2v) is 10.2. The van der Waals surface area contributed by atoms with Gasteiger partial charge >= 0.3 is 0 Å². The molecular weight excluding hydrogens is 398 g/mol. The van der Waals surface area contributed by atoms with Crippen LogP contribution in [0.3, 0.4) is 0 Å². The predicted octanol–water partition coefficient (Wildman–Crippen LogP) is 2.99. The number of carbonyl (C=O) groups is 1. The highest BCUT2D eigenvalue weighted by Gasteiger charge is 2.36. The number of aryl methyl sites for hydroxylation is 1. The Bertz CT molecular complexity index is 1210. The van der Waals surface area contributed by atoms with E-state index in [9.17, 15) is 18.0 Å². The van der Waals surface area contributed by atoms with Crippen molar-refractivity contribution >= 4 is 38.1 Å². The van der Waals surface area contributed by atoms with Crippen LogP contribution in [0.5, 0.6) is 0 Å². The Balaban J connectivity index is 1.75. The molecule has 6 nitrogen and oxygen atoms in total. The average molecular weight is 418 g/mol. The van der Waals surface area contributed by atoms with Crippen LogP contribution in [0.2, 0.25) is 0 Å². The Morgan fingerprint density at radius 2 is 2.07 bits per heavy atom. The van der Waals surface area contributed by atoms with Crippen LogP contribution in [0.1, 0.15) is 27.2 Å². The molecule has 1 aromatic carbocycles. The molecular formula is C20H19NO5S2. The number of benzene rings is 1. The molecule has 2 aromatic heterocycles. The molecule has 1 aliphatic heterocycles. The second-order valence-electron chi connectivity index (χ2n) is 6.99. The van der Waals surface area contributed by atoms with Crippen molar-refractivity contribution in [3.8, 4) is 0 Å². The summed E-state index contributed by atoms with van der Waals surface area (Å²) in [7, 11) is -3.18. The number of rotatable bonds is 4. The molecule has 8 heteroatoms. The summed E-state index contributed by atoms with van der Waals surface area (Å²) < 4.78 is 29.5. The zero-order valence-electron chi connectivity index (χ0n) is 15.3. The van der Waals surface area contributed by atoms with Crippen molar-refractivity contribution in [2.24, 2.45) is 0 Å². The van der Waals surface area contributed by atoms with Crippen molar-refractivity contribution in [2.75, 3.05) is 11.5 Å². The van der Waals surface area contributed by atoms with Gasteiger partial charge in [0.2, 0.25) is 5.43 Å². The van der Waals surface area contributed by atoms with Gasteiger partial charge in [0.05, 0.1) is 23.4 Å². The third-order valence-corrected chi connectivity index (χ3v) is 7.86. The molecule has 0 spiro atoms. The van der Waals surface area contributed by atoms with Crippen molar-refractivity contribution in [3.05, 3.63) is 68.2 Å². The van der Waals surface area contributed by atoms with Crippen molar-refractivity contribution in [1.82, 2.24) is 4.90 Å². The van der Waals surface area contributed by atoms with Crippen LogP contribution in [0.15, 0.2) is 51.2 Å². The van der Waals surface area contributed by atoms with Gasteiger partial charge in [0.15, 0.2) is 9.84 Å². The van der Waals surface area contributed by atoms with Crippen LogP contribution in [-0.2, 0) is 16.4 Å². The van der Waals surface area contributed by atoms with Gasteiger partial charge in [-0.25, -0.2) is 8.42 Å². The van der Waals surface area contributed by atoms with Crippen molar-refractivity contribution < 1.29 is 17.6 Å². The van der Waals surface area contributed by atoms with Crippen molar-refractivity contribution in [2.45, 2.75) is 25.9 Å². The lowest BCUT2D eigenvalue weighted by Gasteiger charge is -2.28. The molecule has 0 aliphatic carbocycles. The van der Waals surface area contributed by atoms with Crippen LogP contribution >= 0.6 is 11.3 Å². The molecule has 1 saturated heterocycles. The molecule has 1 amide bonds. The second kappa shape index (κ2) is 7.18. The van der Waals surface area contributed by atoms with Gasteiger partial charge in [0, 0.05) is 10.9 Å². The van der Waals surface area contributed by atoms with E-state index in [1.165, 1.54) is 22.5 Å². The maximum Gasteiger partial charge on any atom is 0.261 e. The Hall–Kier alpha value is -2.45. The zero-order chi connectivity index (χ0) is 19.9. The van der Waals surface area contributed by atoms with E-state index in [1.54, 1.807) is 24.3 Å². The van der Waals surface area contributed by atoms with E-state index in [0.29, 0.717) is 17.4 Å². The van der Waals surface area contributed by atoms with E-state index < -0.39 is 27.2 Å². The van der Waals surface area contributed by atoms with Gasteiger partial charge in [0.1, 0.15) is 17.4 Å². The van der Waals surface area contributed by atoms with E-state index in [2.05, 4.69) is 0 Å². The highest BCUT2D eigenvalue weighted by atomic mass is 32.2. The van der Waals surface area contributed by atoms with Crippen LogP contribution in [-0.4, -0.2) is 36.8 Å². The van der Waals surface area contributed by atoms with E-state index in [0.717, 1.165) is 10.4 Å². The van der Waals surface area contributed by atoms with Crippen LogP contribution in [0, 0.1) is 6.92 Å². The van der Waals surface area contributed by atoms with Crippen LogP contribution in [0.25, 0.3) is 11.0 Å². The highest BCUT2D eigenvalue weighted by Crippen LogP contribution is 2.25. The molecule has 3 heterocycles. The summed E-state index contributed by atoms with van der Waals surface area (Å²) in [6.07, 6.45) is 1.56. The maximum absolute atomic E-state index is 13.3. The standard InChI is InChI=1S/C20H19NO5S2/c1-13-6-8-27-18(13)10-21(14-7-9-28(24,25)12-14)20(23)16-11-26-17-5-3-2-4-15(17)19(16)22/h2-6,8,11,14H,7,9-10,12H2,1H3/t14-/m1/s1. The first-order valence-corrected chi connectivity index (χ1v) is 11.6. The minimum absolute atomic E-state index is 0.0528. The molecule has 4 rings (SSSR count). The number of hydrogen-bond acceptors (Lipinski definition) is 6. The summed E-state index contributed by atoms with van der Waals surface area (Å²) in [5.41, 5.74) is 0.972. The lowest BCUT2D eigenvalue weighted by Crippen LogP contribution is -2.42. The lowest BCUT2D eigenvalue weighted by molar-refractivity contribution is 0.0679. The first kappa shape index (κ1) is 18.9. The van der Waals surface area contributed by atoms with E-state index in [1.807, 2.05) is 18.4 Å². The van der Waals surface area contributed by atoms with Gasteiger partial charge in [-0.15, -0.1) is 11.3 Å². The summed E-state index contributed by atoms with van der Waals surface area (Å²) in [4.78, 5) is 28.7. The minimum atomic E-state index is -3.18. The van der Waals surface area contributed by atoms with Gasteiger partial charge in [-0.3, -0.25) is 9.59 Å². The summed E-state index contributed by atoms with van der Waals surface area (Å²) >= 11 is 1.51. The van der Waals surface area contributed by atoms with Gasteiger partial charge in [-0.1, -0.05) is 12.1 Å². The first-order valence-electron chi connectivity index (χ1n) is 8.90. The van der Waals surface area contributed by atoms with Gasteiger partial charge in [-0.05, 0) is 42.5 Å². The number of fused-ring (bicyclic) bond motifs is 1. The quantitative estimate of drug-likeness (QED) is 0.652. The fourth-order valence-electron chi connectivity index (χ4n) is 3.49. The predicted molar refractivity (Wildman–Crippen MR) is 108 cm³/mol. The third-order valence-electron chi connectivity index (χ3n) is 5.10. The van der Waals surface area contributed by atoms with Crippen LogP contribution < -0.4 is 5.43 Å². The molecule has 0 bridgehead atoms. The Morgan fingerprint density at radius 1 is 1.29 bits per heavy atom. The van der Waals surface area contributed by atoms with Gasteiger partial charge in [0.25, 0.3) is 5.91 Å². The molecule has 0 saturated carbocycles. The Morgan fingerprint density at radius 3 is 2.75 bits per heavy atom. The number of hydrogen-bond donors (Lipinski definition) is 0. The zero-order valence-corrected chi connectivity index (χ0v) is 16.9. The highest BCUT2D eigenvalue weighted by molar-refractivity contribution is 7.91. The number of para-hydroxylation sites is 1. The number of carbonyl (C=O) groups excluding carboxylic acids is 1. The number of nitrogens with zero attached hydrogens (tertiary/aromatic N) is 1. The number of amides is 1. The fourth-order valence-corrected chi connectivity index (χ4v) is 6.12. The van der Waals surface area contributed by atoms with E-state index in [-0.39, 0.29) is 23.6 Å². The Kier molecular flexibility index (Phi) is 4.84. The monoisotopic (exact) mass is 417 g/mol. The molecule has 1 aliphatic rings. The number of thiophene rings is 1. The molecule has 3 aromatic rings. The SMILES string of the molecule is Cc1ccsc1CN(C(=O)c1coc2ccccc2c1=O)[C@@H]1CCS(=O)(=O)C1. The summed E-state index contributed by atoms with van der Waals surface area (Å²) in [5.74, 6) is -0.520. The summed E-state index contributed by atoms with van der Waals surface area (Å²) in [6, 6.07) is 8.25. The molecule has 1 atom stereocenters. The summed E-state index contributed by atoms with van der Waals surface area (Å²) in [5, 5.41) is 2.27. The van der Waals surface area contributed by atoms with Gasteiger partial charge in [-0.2, -0.15) is 0 Å². The lowest BCUT2D eigenvalue weighted by atomic mass is 10.1.